The van der Waals surface area contributed by atoms with Gasteiger partial charge < -0.3 is 0 Å². The number of hydrogen-bond acceptors (Lipinski definition) is 1. The molecule has 46 heavy (non-hydrogen) atoms. The van der Waals surface area contributed by atoms with Gasteiger partial charge in [-0.3, -0.25) is 4.98 Å². The average Bonchev–Trinajstić information content (AvgIpc) is 3.45. The van der Waals surface area contributed by atoms with Crippen molar-refractivity contribution in [3.05, 3.63) is 164 Å². The van der Waals surface area contributed by atoms with Crippen LogP contribution in [-0.2, 0) is 0 Å². The molecule has 0 saturated carbocycles. The molecule has 0 radical (unpaired) electrons. The van der Waals surface area contributed by atoms with E-state index in [0.29, 0.717) is 0 Å². The van der Waals surface area contributed by atoms with E-state index in [-0.39, 0.29) is 0 Å². The Morgan fingerprint density at radius 3 is 1.83 bits per heavy atom. The zero-order chi connectivity index (χ0) is 30.2. The lowest BCUT2D eigenvalue weighted by Crippen LogP contribution is -1.94. The summed E-state index contributed by atoms with van der Waals surface area (Å²) in [6, 6.07) is 55.9. The highest BCUT2D eigenvalue weighted by Crippen LogP contribution is 2.58. The minimum Gasteiger partial charge on any atom is -0.264 e. The first-order valence-corrected chi connectivity index (χ1v) is 15.9. The summed E-state index contributed by atoms with van der Waals surface area (Å²) in [7, 11) is 0. The fourth-order valence-corrected chi connectivity index (χ4v) is 7.85. The largest absolute Gasteiger partial charge is 0.264 e. The standard InChI is InChI=1S/C45H27N/c1-3-10-29(11-4-1)41-37-21-20-32(31-19-18-28-22-23-46-27-34(28)24-31)25-39(37)42(30-12-5-2-6-13-30)44-38-17-9-16-36-35-15-8-7-14-33(35)26-40(43(36)38)45(41)44/h1-27H. The van der Waals surface area contributed by atoms with Crippen LogP contribution in [-0.4, -0.2) is 4.98 Å². The molecule has 0 bridgehead atoms. The second-order valence-corrected chi connectivity index (χ2v) is 12.3. The van der Waals surface area contributed by atoms with Gasteiger partial charge in [0.05, 0.1) is 0 Å². The van der Waals surface area contributed by atoms with Crippen LogP contribution in [0.3, 0.4) is 0 Å². The van der Waals surface area contributed by atoms with E-state index < -0.39 is 0 Å². The molecule has 8 aromatic carbocycles. The van der Waals surface area contributed by atoms with E-state index in [2.05, 4.69) is 157 Å². The van der Waals surface area contributed by atoms with Crippen molar-refractivity contribution in [3.8, 4) is 55.6 Å². The Labute approximate surface area is 267 Å². The molecule has 0 unspecified atom stereocenters. The summed E-state index contributed by atoms with van der Waals surface area (Å²) in [4.78, 5) is 4.39. The van der Waals surface area contributed by atoms with E-state index in [1.165, 1.54) is 93.3 Å². The number of nitrogens with zero attached hydrogens (tertiary/aromatic N) is 1. The minimum absolute atomic E-state index is 1.15. The molecule has 1 aliphatic carbocycles. The van der Waals surface area contributed by atoms with E-state index in [1.54, 1.807) is 0 Å². The highest BCUT2D eigenvalue weighted by Gasteiger charge is 2.31. The van der Waals surface area contributed by atoms with E-state index in [9.17, 15) is 0 Å². The molecule has 0 saturated heterocycles. The monoisotopic (exact) mass is 581 g/mol. The van der Waals surface area contributed by atoms with Crippen molar-refractivity contribution in [1.82, 2.24) is 4.98 Å². The molecule has 0 aliphatic heterocycles. The molecule has 0 spiro atoms. The molecule has 10 rings (SSSR count). The van der Waals surface area contributed by atoms with Crippen LogP contribution in [0.1, 0.15) is 0 Å². The zero-order valence-electron chi connectivity index (χ0n) is 25.0. The van der Waals surface area contributed by atoms with Crippen molar-refractivity contribution in [2.45, 2.75) is 0 Å². The third-order valence-electron chi connectivity index (χ3n) is 9.83. The van der Waals surface area contributed by atoms with Crippen LogP contribution in [0.25, 0.3) is 98.7 Å². The average molecular weight is 582 g/mol. The number of rotatable bonds is 3. The van der Waals surface area contributed by atoms with E-state index in [4.69, 9.17) is 0 Å². The van der Waals surface area contributed by atoms with E-state index in [0.717, 1.165) is 5.39 Å². The van der Waals surface area contributed by atoms with Crippen molar-refractivity contribution in [3.63, 3.8) is 0 Å². The van der Waals surface area contributed by atoms with Gasteiger partial charge in [0.1, 0.15) is 0 Å². The highest BCUT2D eigenvalue weighted by atomic mass is 14.6. The summed E-state index contributed by atoms with van der Waals surface area (Å²) in [6.45, 7) is 0. The Morgan fingerprint density at radius 2 is 1.00 bits per heavy atom. The summed E-state index contributed by atoms with van der Waals surface area (Å²) in [5, 5.41) is 10.1. The fraction of sp³-hybridized carbons (Fsp3) is 0. The molecule has 1 heteroatoms. The Bertz CT molecular complexity index is 2670. The molecule has 0 N–H and O–H groups in total. The SMILES string of the molecule is c1ccc(-c2c3c(c(-c4ccccc4)c4cc(-c5ccc6ccncc6c5)ccc24)-c2cccc4c2c-3cc2ccccc24)cc1. The van der Waals surface area contributed by atoms with E-state index >= 15 is 0 Å². The van der Waals surface area contributed by atoms with Crippen LogP contribution in [0.5, 0.6) is 0 Å². The first kappa shape index (κ1) is 25.3. The van der Waals surface area contributed by atoms with Crippen LogP contribution < -0.4 is 0 Å². The van der Waals surface area contributed by atoms with E-state index in [1.807, 2.05) is 12.4 Å². The van der Waals surface area contributed by atoms with Crippen LogP contribution in [0, 0.1) is 0 Å². The molecule has 9 aromatic rings. The molecule has 212 valence electrons. The minimum atomic E-state index is 1.15. The summed E-state index contributed by atoms with van der Waals surface area (Å²) >= 11 is 0. The Hall–Kier alpha value is -6.05. The third kappa shape index (κ3) is 3.60. The number of aromatic nitrogens is 1. The molecule has 0 amide bonds. The van der Waals surface area contributed by atoms with Crippen LogP contribution >= 0.6 is 0 Å². The van der Waals surface area contributed by atoms with Gasteiger partial charge >= 0.3 is 0 Å². The predicted molar refractivity (Wildman–Crippen MR) is 195 cm³/mol. The quantitative estimate of drug-likeness (QED) is 0.189. The number of hydrogen-bond donors (Lipinski definition) is 0. The van der Waals surface area contributed by atoms with Crippen molar-refractivity contribution in [2.24, 2.45) is 0 Å². The lowest BCUT2D eigenvalue weighted by Gasteiger charge is -2.21. The molecule has 0 fully saturated rings. The maximum Gasteiger partial charge on any atom is 0.0346 e. The van der Waals surface area contributed by atoms with Crippen LogP contribution in [0.2, 0.25) is 0 Å². The Morgan fingerprint density at radius 1 is 0.326 bits per heavy atom. The van der Waals surface area contributed by atoms with Gasteiger partial charge in [0.2, 0.25) is 0 Å². The van der Waals surface area contributed by atoms with Gasteiger partial charge in [0.15, 0.2) is 0 Å². The topological polar surface area (TPSA) is 12.9 Å². The Balaban J connectivity index is 1.40. The van der Waals surface area contributed by atoms with Crippen molar-refractivity contribution in [1.29, 1.82) is 0 Å². The molecule has 1 aromatic heterocycles. The predicted octanol–water partition coefficient (Wildman–Crippen LogP) is 12.3. The smallest absolute Gasteiger partial charge is 0.0346 e. The number of fused-ring (bicyclic) bond motifs is 7. The summed E-state index contributed by atoms with van der Waals surface area (Å²) < 4.78 is 0. The van der Waals surface area contributed by atoms with Gasteiger partial charge in [0, 0.05) is 17.8 Å². The molecule has 0 atom stereocenters. The maximum atomic E-state index is 4.39. The van der Waals surface area contributed by atoms with Crippen molar-refractivity contribution >= 4 is 43.1 Å². The van der Waals surface area contributed by atoms with Gasteiger partial charge in [-0.25, -0.2) is 0 Å². The summed E-state index contributed by atoms with van der Waals surface area (Å²) in [5.41, 5.74) is 12.8. The first-order chi connectivity index (χ1) is 22.8. The lowest BCUT2D eigenvalue weighted by atomic mass is 9.81. The first-order valence-electron chi connectivity index (χ1n) is 15.9. The van der Waals surface area contributed by atoms with Gasteiger partial charge in [-0.15, -0.1) is 0 Å². The van der Waals surface area contributed by atoms with Gasteiger partial charge in [-0.2, -0.15) is 0 Å². The molecule has 1 aliphatic rings. The summed E-state index contributed by atoms with van der Waals surface area (Å²) in [6.07, 6.45) is 3.81. The highest BCUT2D eigenvalue weighted by molar-refractivity contribution is 6.31. The van der Waals surface area contributed by atoms with Gasteiger partial charge in [0.25, 0.3) is 0 Å². The second-order valence-electron chi connectivity index (χ2n) is 12.3. The molecular formula is C45H27N. The maximum absolute atomic E-state index is 4.39. The third-order valence-corrected chi connectivity index (χ3v) is 9.83. The van der Waals surface area contributed by atoms with Crippen LogP contribution in [0.4, 0.5) is 0 Å². The van der Waals surface area contributed by atoms with Crippen molar-refractivity contribution in [2.75, 3.05) is 0 Å². The van der Waals surface area contributed by atoms with Crippen LogP contribution in [0.15, 0.2) is 164 Å². The second kappa shape index (κ2) is 9.72. The zero-order valence-corrected chi connectivity index (χ0v) is 25.0. The number of benzene rings is 8. The normalized spacial score (nSPS) is 11.9. The number of pyridine rings is 1. The van der Waals surface area contributed by atoms with Crippen molar-refractivity contribution < 1.29 is 0 Å². The molecular weight excluding hydrogens is 555 g/mol. The summed E-state index contributed by atoms with van der Waals surface area (Å²) in [5.74, 6) is 0. The Kier molecular flexibility index (Phi) is 5.35. The van der Waals surface area contributed by atoms with Gasteiger partial charge in [-0.1, -0.05) is 127 Å². The lowest BCUT2D eigenvalue weighted by molar-refractivity contribution is 1.36. The fourth-order valence-electron chi connectivity index (χ4n) is 7.85. The molecule has 1 nitrogen and oxygen atoms in total. The van der Waals surface area contributed by atoms with Gasteiger partial charge in [-0.05, 0) is 118 Å². The molecule has 1 heterocycles.